The largest absolute Gasteiger partial charge is 0.489 e. The second-order valence-corrected chi connectivity index (χ2v) is 6.61. The van der Waals surface area contributed by atoms with Gasteiger partial charge >= 0.3 is 0 Å². The maximum absolute atomic E-state index is 12.4. The molecule has 1 heterocycles. The summed E-state index contributed by atoms with van der Waals surface area (Å²) in [6.45, 7) is 3.63. The van der Waals surface area contributed by atoms with E-state index < -0.39 is 6.10 Å². The molecule has 0 aliphatic carbocycles. The van der Waals surface area contributed by atoms with E-state index in [2.05, 4.69) is 12.2 Å². The van der Waals surface area contributed by atoms with E-state index in [1.807, 2.05) is 35.7 Å². The van der Waals surface area contributed by atoms with Crippen molar-refractivity contribution in [2.75, 3.05) is 19.7 Å². The number of thiophene rings is 1. The molecule has 138 valence electrons. The van der Waals surface area contributed by atoms with Crippen molar-refractivity contribution in [3.63, 3.8) is 0 Å². The Kier molecular flexibility index (Phi) is 10.4. The lowest BCUT2D eigenvalue weighted by atomic mass is 10.1. The van der Waals surface area contributed by atoms with Crippen molar-refractivity contribution >= 4 is 29.5 Å². The van der Waals surface area contributed by atoms with Crippen molar-refractivity contribution in [3.8, 4) is 5.75 Å². The van der Waals surface area contributed by atoms with Gasteiger partial charge < -0.3 is 15.2 Å². The Labute approximate surface area is 159 Å². The Morgan fingerprint density at radius 2 is 2.04 bits per heavy atom. The summed E-state index contributed by atoms with van der Waals surface area (Å²) in [6, 6.07) is 11.8. The molecule has 2 rings (SSSR count). The fourth-order valence-electron chi connectivity index (χ4n) is 2.32. The number of aryl methyl sites for hydroxylation is 1. The van der Waals surface area contributed by atoms with Crippen molar-refractivity contribution in [2.24, 2.45) is 0 Å². The number of ether oxygens (including phenoxy) is 1. The van der Waals surface area contributed by atoms with Crippen LogP contribution in [0.15, 0.2) is 41.8 Å². The summed E-state index contributed by atoms with van der Waals surface area (Å²) in [6.07, 6.45) is 1.63. The van der Waals surface area contributed by atoms with Crippen LogP contribution in [0.2, 0.25) is 0 Å². The molecule has 1 aromatic carbocycles. The van der Waals surface area contributed by atoms with Gasteiger partial charge in [0.15, 0.2) is 5.78 Å². The van der Waals surface area contributed by atoms with Gasteiger partial charge in [-0.2, -0.15) is 0 Å². The number of aliphatic hydroxyl groups is 1. The highest BCUT2D eigenvalue weighted by Gasteiger charge is 2.15. The summed E-state index contributed by atoms with van der Waals surface area (Å²) in [7, 11) is 0. The summed E-state index contributed by atoms with van der Waals surface area (Å²) in [4.78, 5) is 13.0. The summed E-state index contributed by atoms with van der Waals surface area (Å²) >= 11 is 1.39. The van der Waals surface area contributed by atoms with Gasteiger partial charge in [-0.15, -0.1) is 23.7 Å². The lowest BCUT2D eigenvalue weighted by Gasteiger charge is -2.13. The zero-order valence-corrected chi connectivity index (χ0v) is 16.1. The molecule has 2 N–H and O–H groups in total. The zero-order chi connectivity index (χ0) is 17.2. The van der Waals surface area contributed by atoms with Crippen molar-refractivity contribution < 1.29 is 14.6 Å². The summed E-state index contributed by atoms with van der Waals surface area (Å²) in [5.41, 5.74) is 1.15. The third kappa shape index (κ3) is 7.57. The van der Waals surface area contributed by atoms with Crippen LogP contribution in [-0.2, 0) is 6.42 Å². The smallest absolute Gasteiger partial charge is 0.176 e. The third-order valence-electron chi connectivity index (χ3n) is 3.60. The average molecular weight is 384 g/mol. The number of carbonyl (C=O) groups is 1. The predicted octanol–water partition coefficient (Wildman–Crippen LogP) is 3.72. The predicted molar refractivity (Wildman–Crippen MR) is 105 cm³/mol. The molecule has 0 spiro atoms. The zero-order valence-electron chi connectivity index (χ0n) is 14.4. The van der Waals surface area contributed by atoms with E-state index in [1.54, 1.807) is 6.07 Å². The van der Waals surface area contributed by atoms with Crippen LogP contribution in [0.4, 0.5) is 0 Å². The molecule has 0 fully saturated rings. The van der Waals surface area contributed by atoms with E-state index in [9.17, 15) is 9.90 Å². The third-order valence-corrected chi connectivity index (χ3v) is 4.54. The Bertz CT molecular complexity index is 618. The molecule has 1 unspecified atom stereocenters. The minimum Gasteiger partial charge on any atom is -0.489 e. The Morgan fingerprint density at radius 1 is 1.28 bits per heavy atom. The van der Waals surface area contributed by atoms with Gasteiger partial charge in [-0.1, -0.05) is 37.3 Å². The molecule has 0 bridgehead atoms. The van der Waals surface area contributed by atoms with Gasteiger partial charge in [0.05, 0.1) is 0 Å². The second kappa shape index (κ2) is 12.0. The fourth-order valence-corrected chi connectivity index (χ4v) is 3.13. The van der Waals surface area contributed by atoms with Crippen LogP contribution < -0.4 is 10.1 Å². The first-order valence-electron chi connectivity index (χ1n) is 8.37. The summed E-state index contributed by atoms with van der Waals surface area (Å²) < 4.78 is 5.64. The van der Waals surface area contributed by atoms with Crippen molar-refractivity contribution in [1.29, 1.82) is 0 Å². The van der Waals surface area contributed by atoms with Crippen LogP contribution in [-0.4, -0.2) is 36.7 Å². The summed E-state index contributed by atoms with van der Waals surface area (Å²) in [5, 5.41) is 14.9. The quantitative estimate of drug-likeness (QED) is 0.458. The molecule has 0 amide bonds. The molecule has 0 saturated heterocycles. The monoisotopic (exact) mass is 383 g/mol. The number of hydrogen-bond acceptors (Lipinski definition) is 5. The van der Waals surface area contributed by atoms with Gasteiger partial charge in [0, 0.05) is 13.0 Å². The Balaban J connectivity index is 0.00000312. The first kappa shape index (κ1) is 21.6. The number of benzene rings is 1. The van der Waals surface area contributed by atoms with Crippen LogP contribution in [0, 0.1) is 0 Å². The van der Waals surface area contributed by atoms with Crippen molar-refractivity contribution in [2.45, 2.75) is 32.3 Å². The fraction of sp³-hybridized carbons (Fsp3) is 0.421. The minimum absolute atomic E-state index is 0. The maximum Gasteiger partial charge on any atom is 0.176 e. The number of aliphatic hydroxyl groups excluding tert-OH is 1. The number of halogens is 1. The van der Waals surface area contributed by atoms with Crippen LogP contribution in [0.5, 0.6) is 5.75 Å². The van der Waals surface area contributed by atoms with E-state index in [-0.39, 0.29) is 24.8 Å². The lowest BCUT2D eigenvalue weighted by Crippen LogP contribution is -2.31. The lowest BCUT2D eigenvalue weighted by molar-refractivity contribution is 0.0957. The molecule has 0 aliphatic heterocycles. The number of hydrogen-bond donors (Lipinski definition) is 2. The molecule has 0 radical (unpaired) electrons. The molecule has 1 aromatic heterocycles. The topological polar surface area (TPSA) is 58.6 Å². The summed E-state index contributed by atoms with van der Waals surface area (Å²) in [5.74, 6) is 0.662. The van der Waals surface area contributed by atoms with Crippen LogP contribution in [0.1, 0.15) is 35.0 Å². The number of Topliss-reactive ketones (excluding diaryl/α,β-unsaturated/α-hetero) is 1. The van der Waals surface area contributed by atoms with Crippen molar-refractivity contribution in [3.05, 3.63) is 52.2 Å². The van der Waals surface area contributed by atoms with Crippen LogP contribution in [0.3, 0.4) is 0 Å². The number of rotatable bonds is 11. The average Bonchev–Trinajstić information content (AvgIpc) is 3.08. The van der Waals surface area contributed by atoms with Gasteiger partial charge in [-0.25, -0.2) is 0 Å². The number of carbonyl (C=O) groups excluding carboxylic acids is 1. The molecule has 6 heteroatoms. The van der Waals surface area contributed by atoms with Gasteiger partial charge in [-0.3, -0.25) is 4.79 Å². The Hall–Kier alpha value is -1.40. The number of ketones is 1. The van der Waals surface area contributed by atoms with E-state index >= 15 is 0 Å². The minimum atomic E-state index is -0.580. The van der Waals surface area contributed by atoms with Crippen LogP contribution in [0.25, 0.3) is 0 Å². The van der Waals surface area contributed by atoms with Crippen molar-refractivity contribution in [1.82, 2.24) is 5.32 Å². The van der Waals surface area contributed by atoms with E-state index in [1.165, 1.54) is 11.3 Å². The molecule has 4 nitrogen and oxygen atoms in total. The first-order valence-corrected chi connectivity index (χ1v) is 9.25. The molecule has 0 aliphatic rings. The van der Waals surface area contributed by atoms with Crippen LogP contribution >= 0.6 is 23.7 Å². The molecule has 25 heavy (non-hydrogen) atoms. The molecule has 1 atom stereocenters. The highest BCUT2D eigenvalue weighted by molar-refractivity contribution is 7.12. The molecular weight excluding hydrogens is 358 g/mol. The van der Waals surface area contributed by atoms with E-state index in [4.69, 9.17) is 4.74 Å². The standard InChI is InChI=1S/C19H25NO3S.ClH/c1-2-11-20-13-16(21)14-23-18-10-12-24-19(18)17(22)9-8-15-6-4-3-5-7-15;/h3-7,10,12,16,20-21H,2,8-9,11,13-14H2,1H3;1H. The normalized spacial score (nSPS) is 11.6. The molecule has 0 saturated carbocycles. The Morgan fingerprint density at radius 3 is 2.76 bits per heavy atom. The van der Waals surface area contributed by atoms with E-state index in [0.29, 0.717) is 23.6 Å². The molecule has 2 aromatic rings. The highest BCUT2D eigenvalue weighted by Crippen LogP contribution is 2.27. The maximum atomic E-state index is 12.4. The van der Waals surface area contributed by atoms with E-state index in [0.717, 1.165) is 24.9 Å². The van der Waals surface area contributed by atoms with Gasteiger partial charge in [0.25, 0.3) is 0 Å². The van der Waals surface area contributed by atoms with Gasteiger partial charge in [0.1, 0.15) is 23.3 Å². The van der Waals surface area contributed by atoms with Gasteiger partial charge in [-0.05, 0) is 36.4 Å². The second-order valence-electron chi connectivity index (χ2n) is 5.69. The first-order chi connectivity index (χ1) is 11.7. The SMILES string of the molecule is CCCNCC(O)COc1ccsc1C(=O)CCc1ccccc1.Cl. The van der Waals surface area contributed by atoms with Gasteiger partial charge in [0.2, 0.25) is 0 Å². The molecular formula is C19H26ClNO3S. The number of nitrogens with one attached hydrogen (secondary N) is 1. The highest BCUT2D eigenvalue weighted by atomic mass is 35.5.